The summed E-state index contributed by atoms with van der Waals surface area (Å²) in [5.74, 6) is 0.332. The van der Waals surface area contributed by atoms with Crippen LogP contribution in [0.15, 0.2) is 0 Å². The molecule has 0 radical (unpaired) electrons. The Balaban J connectivity index is 3.76. The molecule has 1 unspecified atom stereocenters. The quantitative estimate of drug-likeness (QED) is 0.330. The number of amides is 1. The van der Waals surface area contributed by atoms with Crippen molar-refractivity contribution in [1.82, 2.24) is 10.2 Å². The normalized spacial score (nSPS) is 12.4. The third-order valence-electron chi connectivity index (χ3n) is 3.03. The number of nitrogens with one attached hydrogen (secondary N) is 1. The smallest absolute Gasteiger partial charge is 0.220 e. The van der Waals surface area contributed by atoms with Crippen LogP contribution in [0.1, 0.15) is 32.6 Å². The molecule has 0 fully saturated rings. The molecule has 0 aliphatic carbocycles. The lowest BCUT2D eigenvalue weighted by Gasteiger charge is -2.23. The summed E-state index contributed by atoms with van der Waals surface area (Å²) < 4.78 is 0. The van der Waals surface area contributed by atoms with Crippen molar-refractivity contribution < 1.29 is 14.7 Å². The number of carbonyl (C=O) groups is 2. The summed E-state index contributed by atoms with van der Waals surface area (Å²) in [7, 11) is 0. The van der Waals surface area contributed by atoms with E-state index >= 15 is 0 Å². The molecule has 0 rings (SSSR count). The molecular formula is C14H28ClN3O3. The van der Waals surface area contributed by atoms with E-state index in [0.717, 1.165) is 12.8 Å². The van der Waals surface area contributed by atoms with Gasteiger partial charge in [-0.05, 0) is 19.8 Å². The van der Waals surface area contributed by atoms with E-state index in [1.165, 1.54) is 0 Å². The van der Waals surface area contributed by atoms with Crippen LogP contribution < -0.4 is 11.1 Å². The minimum absolute atomic E-state index is 0.0101. The number of hydrogen-bond donors (Lipinski definition) is 3. The number of nitrogens with two attached hydrogens (primary N) is 1. The molecule has 0 aliphatic rings. The molecule has 1 amide bonds. The lowest BCUT2D eigenvalue weighted by Crippen LogP contribution is -2.41. The molecule has 6 nitrogen and oxygen atoms in total. The summed E-state index contributed by atoms with van der Waals surface area (Å²) in [4.78, 5) is 24.3. The fourth-order valence-corrected chi connectivity index (χ4v) is 2.02. The molecule has 0 aromatic carbocycles. The fourth-order valence-electron chi connectivity index (χ4n) is 1.93. The lowest BCUT2D eigenvalue weighted by molar-refractivity contribution is -0.121. The van der Waals surface area contributed by atoms with Crippen LogP contribution in [0.5, 0.6) is 0 Å². The van der Waals surface area contributed by atoms with Gasteiger partial charge in [-0.15, -0.1) is 11.6 Å². The molecule has 7 heteroatoms. The van der Waals surface area contributed by atoms with Gasteiger partial charge in [0.2, 0.25) is 5.91 Å². The number of Topliss-reactive ketones (excluding diaryl/α,β-unsaturated/α-hetero) is 1. The fraction of sp³-hybridized carbons (Fsp3) is 0.857. The number of aliphatic hydroxyl groups excluding tert-OH is 1. The van der Waals surface area contributed by atoms with Crippen LogP contribution in [-0.4, -0.2) is 66.4 Å². The summed E-state index contributed by atoms with van der Waals surface area (Å²) >= 11 is 5.57. The van der Waals surface area contributed by atoms with Crippen LogP contribution in [-0.2, 0) is 9.59 Å². The van der Waals surface area contributed by atoms with Crippen molar-refractivity contribution in [3.05, 3.63) is 0 Å². The molecule has 124 valence electrons. The topological polar surface area (TPSA) is 95.7 Å². The summed E-state index contributed by atoms with van der Waals surface area (Å²) in [6.45, 7) is 4.30. The van der Waals surface area contributed by atoms with E-state index in [-0.39, 0.29) is 17.6 Å². The van der Waals surface area contributed by atoms with Gasteiger partial charge >= 0.3 is 0 Å². The second-order valence-electron chi connectivity index (χ2n) is 5.16. The number of hydrogen-bond acceptors (Lipinski definition) is 5. The molecule has 4 N–H and O–H groups in total. The van der Waals surface area contributed by atoms with E-state index in [9.17, 15) is 14.7 Å². The van der Waals surface area contributed by atoms with E-state index in [0.29, 0.717) is 45.6 Å². The zero-order valence-electron chi connectivity index (χ0n) is 12.8. The Labute approximate surface area is 132 Å². The van der Waals surface area contributed by atoms with Crippen molar-refractivity contribution in [2.75, 3.05) is 38.6 Å². The number of carbonyl (C=O) groups excluding carboxylic acids is 2. The van der Waals surface area contributed by atoms with Gasteiger partial charge in [0.25, 0.3) is 0 Å². The number of rotatable bonds is 13. The van der Waals surface area contributed by atoms with Crippen molar-refractivity contribution >= 4 is 23.3 Å². The molecule has 0 saturated carbocycles. The first kappa shape index (κ1) is 20.3. The maximum Gasteiger partial charge on any atom is 0.220 e. The number of ketones is 1. The molecule has 0 bridgehead atoms. The summed E-state index contributed by atoms with van der Waals surface area (Å²) in [5, 5.41) is 12.4. The van der Waals surface area contributed by atoms with Gasteiger partial charge in [0.05, 0.1) is 6.10 Å². The number of alkyl halides is 1. The van der Waals surface area contributed by atoms with E-state index in [2.05, 4.69) is 5.32 Å². The monoisotopic (exact) mass is 321 g/mol. The summed E-state index contributed by atoms with van der Waals surface area (Å²) in [6, 6.07) is 0. The maximum atomic E-state index is 11.6. The highest BCUT2D eigenvalue weighted by Crippen LogP contribution is 2.00. The Hall–Kier alpha value is -0.690. The Morgan fingerprint density at radius 3 is 2.52 bits per heavy atom. The van der Waals surface area contributed by atoms with Crippen LogP contribution in [0, 0.1) is 0 Å². The van der Waals surface area contributed by atoms with Gasteiger partial charge in [0.1, 0.15) is 5.78 Å². The zero-order chi connectivity index (χ0) is 16.1. The van der Waals surface area contributed by atoms with Gasteiger partial charge < -0.3 is 21.0 Å². The third kappa shape index (κ3) is 12.7. The average molecular weight is 322 g/mol. The Bertz CT molecular complexity index is 303. The van der Waals surface area contributed by atoms with Gasteiger partial charge in [-0.2, -0.15) is 0 Å². The van der Waals surface area contributed by atoms with Gasteiger partial charge in [-0.3, -0.25) is 9.69 Å². The number of halogens is 1. The Morgan fingerprint density at radius 1 is 1.29 bits per heavy atom. The van der Waals surface area contributed by atoms with E-state index in [4.69, 9.17) is 17.3 Å². The van der Waals surface area contributed by atoms with Crippen molar-refractivity contribution in [2.45, 2.75) is 38.7 Å². The lowest BCUT2D eigenvalue weighted by atomic mass is 10.1. The standard InChI is InChI=1S/C14H28ClN3O3/c1-12(19)4-2-3-5-14(21)17-7-9-18(8-6-16)11-13(20)10-15/h13,20H,2-11,16H2,1H3,(H,17,21). The first-order chi connectivity index (χ1) is 9.99. The number of aliphatic hydroxyl groups is 1. The Kier molecular flexibility index (Phi) is 12.6. The maximum absolute atomic E-state index is 11.6. The number of nitrogens with zero attached hydrogens (tertiary/aromatic N) is 1. The predicted molar refractivity (Wildman–Crippen MR) is 84.4 cm³/mol. The first-order valence-corrected chi connectivity index (χ1v) is 7.95. The van der Waals surface area contributed by atoms with Crippen LogP contribution in [0.25, 0.3) is 0 Å². The van der Waals surface area contributed by atoms with E-state index in [1.807, 2.05) is 4.90 Å². The van der Waals surface area contributed by atoms with E-state index < -0.39 is 6.10 Å². The minimum atomic E-state index is -0.583. The van der Waals surface area contributed by atoms with Crippen molar-refractivity contribution in [1.29, 1.82) is 0 Å². The molecule has 0 aromatic rings. The van der Waals surface area contributed by atoms with E-state index in [1.54, 1.807) is 6.92 Å². The Morgan fingerprint density at radius 2 is 1.95 bits per heavy atom. The highest BCUT2D eigenvalue weighted by molar-refractivity contribution is 6.18. The third-order valence-corrected chi connectivity index (χ3v) is 3.38. The largest absolute Gasteiger partial charge is 0.391 e. The second-order valence-corrected chi connectivity index (χ2v) is 5.47. The summed E-state index contributed by atoms with van der Waals surface area (Å²) in [6.07, 6.45) is 1.87. The van der Waals surface area contributed by atoms with Gasteiger partial charge in [-0.25, -0.2) is 0 Å². The SMILES string of the molecule is CC(=O)CCCCC(=O)NCCN(CCN)CC(O)CCl. The van der Waals surface area contributed by atoms with Crippen molar-refractivity contribution in [3.63, 3.8) is 0 Å². The van der Waals surface area contributed by atoms with Gasteiger partial charge in [-0.1, -0.05) is 0 Å². The predicted octanol–water partition coefficient (Wildman–Crippen LogP) is 0.112. The van der Waals surface area contributed by atoms with Crippen molar-refractivity contribution in [3.8, 4) is 0 Å². The first-order valence-electron chi connectivity index (χ1n) is 7.42. The highest BCUT2D eigenvalue weighted by atomic mass is 35.5. The zero-order valence-corrected chi connectivity index (χ0v) is 13.6. The van der Waals surface area contributed by atoms with Gasteiger partial charge in [0.15, 0.2) is 0 Å². The molecule has 0 spiro atoms. The van der Waals surface area contributed by atoms with Gasteiger partial charge in [0, 0.05) is 51.4 Å². The molecular weight excluding hydrogens is 294 g/mol. The molecule has 0 aliphatic heterocycles. The van der Waals surface area contributed by atoms with Crippen LogP contribution in [0.3, 0.4) is 0 Å². The molecule has 21 heavy (non-hydrogen) atoms. The summed E-state index contributed by atoms with van der Waals surface area (Å²) in [5.41, 5.74) is 5.51. The van der Waals surface area contributed by atoms with Crippen LogP contribution in [0.4, 0.5) is 0 Å². The molecule has 0 aromatic heterocycles. The number of unbranched alkanes of at least 4 members (excludes halogenated alkanes) is 1. The van der Waals surface area contributed by atoms with Crippen LogP contribution in [0.2, 0.25) is 0 Å². The highest BCUT2D eigenvalue weighted by Gasteiger charge is 2.10. The van der Waals surface area contributed by atoms with Crippen LogP contribution >= 0.6 is 11.6 Å². The average Bonchev–Trinajstić information content (AvgIpc) is 2.43. The van der Waals surface area contributed by atoms with Crippen molar-refractivity contribution in [2.24, 2.45) is 5.73 Å². The molecule has 0 heterocycles. The molecule has 1 atom stereocenters. The molecule has 0 saturated heterocycles. The minimum Gasteiger partial charge on any atom is -0.391 e. The second kappa shape index (κ2) is 13.0.